The molecule has 3 aromatic rings. The summed E-state index contributed by atoms with van der Waals surface area (Å²) in [6, 6.07) is 8.30. The molecule has 32 heavy (non-hydrogen) atoms. The Kier molecular flexibility index (Phi) is 6.85. The van der Waals surface area contributed by atoms with Crippen LogP contribution in [-0.4, -0.2) is 12.9 Å². The van der Waals surface area contributed by atoms with Crippen molar-refractivity contribution in [3.05, 3.63) is 82.9 Å². The maximum absolute atomic E-state index is 14.4. The molecule has 0 amide bonds. The molecule has 0 heterocycles. The molecular formula is C23H15F9. The van der Waals surface area contributed by atoms with Crippen LogP contribution >= 0.6 is 0 Å². The van der Waals surface area contributed by atoms with Crippen molar-refractivity contribution in [2.45, 2.75) is 25.2 Å². The van der Waals surface area contributed by atoms with E-state index in [0.29, 0.717) is 12.1 Å². The minimum Gasteiger partial charge on any atom is -0.251 e. The molecule has 3 aromatic carbocycles. The molecule has 0 saturated heterocycles. The van der Waals surface area contributed by atoms with Gasteiger partial charge < -0.3 is 0 Å². The summed E-state index contributed by atoms with van der Waals surface area (Å²) >= 11 is 0. The van der Waals surface area contributed by atoms with Gasteiger partial charge in [0, 0.05) is 0 Å². The minimum atomic E-state index is -5.47. The second-order valence-electron chi connectivity index (χ2n) is 7.06. The highest BCUT2D eigenvalue weighted by Gasteiger charge is 2.44. The van der Waals surface area contributed by atoms with Crippen molar-refractivity contribution in [2.75, 3.05) is 6.67 Å². The van der Waals surface area contributed by atoms with Gasteiger partial charge in [-0.25, -0.2) is 22.0 Å². The normalized spacial score (nSPS) is 12.8. The highest BCUT2D eigenvalue weighted by atomic mass is 19.4. The summed E-state index contributed by atoms with van der Waals surface area (Å²) < 4.78 is 120. The van der Waals surface area contributed by atoms with Crippen molar-refractivity contribution in [1.29, 1.82) is 0 Å². The van der Waals surface area contributed by atoms with E-state index < -0.39 is 47.9 Å². The predicted molar refractivity (Wildman–Crippen MR) is 101 cm³/mol. The van der Waals surface area contributed by atoms with Gasteiger partial charge in [0.15, 0.2) is 0 Å². The molecule has 170 valence electrons. The fraction of sp³-hybridized carbons (Fsp3) is 0.217. The van der Waals surface area contributed by atoms with Crippen LogP contribution in [0.5, 0.6) is 0 Å². The van der Waals surface area contributed by atoms with E-state index in [1.807, 2.05) is 0 Å². The van der Waals surface area contributed by atoms with Crippen LogP contribution in [0.25, 0.3) is 22.3 Å². The van der Waals surface area contributed by atoms with Crippen molar-refractivity contribution in [2.24, 2.45) is 0 Å². The second-order valence-corrected chi connectivity index (χ2v) is 7.06. The Hall–Kier alpha value is -2.97. The predicted octanol–water partition coefficient (Wildman–Crippen LogP) is 8.05. The highest BCUT2D eigenvalue weighted by Crippen LogP contribution is 2.40. The topological polar surface area (TPSA) is 0 Å². The van der Waals surface area contributed by atoms with Gasteiger partial charge in [-0.05, 0) is 59.4 Å². The van der Waals surface area contributed by atoms with E-state index in [1.54, 1.807) is 0 Å². The fourth-order valence-corrected chi connectivity index (χ4v) is 3.30. The number of hydrogen-bond acceptors (Lipinski definition) is 0. The zero-order chi connectivity index (χ0) is 23.6. The molecule has 0 N–H and O–H groups in total. The van der Waals surface area contributed by atoms with Gasteiger partial charge in [-0.2, -0.15) is 13.2 Å². The van der Waals surface area contributed by atoms with Gasteiger partial charge in [-0.15, -0.1) is 0 Å². The zero-order valence-electron chi connectivity index (χ0n) is 16.2. The van der Waals surface area contributed by atoms with E-state index in [1.165, 1.54) is 24.3 Å². The third-order valence-corrected chi connectivity index (χ3v) is 4.83. The average Bonchev–Trinajstić information content (AvgIpc) is 2.71. The van der Waals surface area contributed by atoms with E-state index in [4.69, 9.17) is 0 Å². The maximum atomic E-state index is 14.4. The Balaban J connectivity index is 1.93. The number of alkyl halides is 5. The molecule has 0 aromatic heterocycles. The molecule has 0 aliphatic heterocycles. The van der Waals surface area contributed by atoms with Crippen molar-refractivity contribution in [3.63, 3.8) is 0 Å². The van der Waals surface area contributed by atoms with Crippen LogP contribution in [0.4, 0.5) is 39.5 Å². The molecule has 0 aliphatic rings. The van der Waals surface area contributed by atoms with Crippen LogP contribution in [-0.2, 0) is 6.42 Å². The molecular weight excluding hydrogens is 447 g/mol. The highest BCUT2D eigenvalue weighted by molar-refractivity contribution is 5.71. The van der Waals surface area contributed by atoms with E-state index in [0.717, 1.165) is 12.1 Å². The van der Waals surface area contributed by atoms with Crippen LogP contribution in [0.1, 0.15) is 23.7 Å². The summed E-state index contributed by atoms with van der Waals surface area (Å²) in [6.07, 6.45) is -9.02. The van der Waals surface area contributed by atoms with Gasteiger partial charge in [0.2, 0.25) is 6.17 Å². The summed E-state index contributed by atoms with van der Waals surface area (Å²) in [5.41, 5.74) is -1.78. The Bertz CT molecular complexity index is 1060. The Morgan fingerprint density at radius 3 is 1.66 bits per heavy atom. The lowest BCUT2D eigenvalue weighted by Crippen LogP contribution is -2.19. The zero-order valence-corrected chi connectivity index (χ0v) is 16.2. The maximum Gasteiger partial charge on any atom is 0.424 e. The molecule has 9 heteroatoms. The number of halogens is 9. The van der Waals surface area contributed by atoms with E-state index in [-0.39, 0.29) is 40.7 Å². The van der Waals surface area contributed by atoms with Crippen molar-refractivity contribution in [3.8, 4) is 22.3 Å². The van der Waals surface area contributed by atoms with Gasteiger partial charge in [0.05, 0.1) is 17.8 Å². The first kappa shape index (κ1) is 23.7. The SMILES string of the molecule is FCCCc1cc(F)c(-c2ccc(-c3cc(F)c(C(F)C(F)(F)F)c(F)c3)cc2)c(F)c1. The summed E-state index contributed by atoms with van der Waals surface area (Å²) in [4.78, 5) is 0. The lowest BCUT2D eigenvalue weighted by atomic mass is 9.96. The Morgan fingerprint density at radius 2 is 1.19 bits per heavy atom. The van der Waals surface area contributed by atoms with Gasteiger partial charge in [0.1, 0.15) is 23.3 Å². The Labute approximate surface area is 177 Å². The third kappa shape index (κ3) is 4.92. The first-order valence-corrected chi connectivity index (χ1v) is 9.37. The smallest absolute Gasteiger partial charge is 0.251 e. The molecule has 1 atom stereocenters. The van der Waals surface area contributed by atoms with Crippen LogP contribution < -0.4 is 0 Å². The standard InChI is InChI=1S/C23H15F9/c24-7-1-2-12-8-16(25)20(17(26)9-12)14-5-3-13(4-6-14)15-10-18(27)21(19(28)11-15)22(29)23(30,31)32/h3-6,8-11,22H,1-2,7H2. The van der Waals surface area contributed by atoms with E-state index in [2.05, 4.69) is 0 Å². The summed E-state index contributed by atoms with van der Waals surface area (Å²) in [5.74, 6) is -5.19. The first-order chi connectivity index (χ1) is 15.0. The fourth-order valence-electron chi connectivity index (χ4n) is 3.30. The molecule has 0 aliphatic carbocycles. The summed E-state index contributed by atoms with van der Waals surface area (Å²) in [7, 11) is 0. The third-order valence-electron chi connectivity index (χ3n) is 4.83. The minimum absolute atomic E-state index is 0.0965. The molecule has 1 unspecified atom stereocenters. The molecule has 0 fully saturated rings. The summed E-state index contributed by atoms with van der Waals surface area (Å²) in [5, 5.41) is 0. The lowest BCUT2D eigenvalue weighted by molar-refractivity contribution is -0.184. The van der Waals surface area contributed by atoms with Gasteiger partial charge in [-0.1, -0.05) is 24.3 Å². The van der Waals surface area contributed by atoms with Crippen LogP contribution in [0.15, 0.2) is 48.5 Å². The van der Waals surface area contributed by atoms with Crippen LogP contribution in [0.2, 0.25) is 0 Å². The van der Waals surface area contributed by atoms with E-state index in [9.17, 15) is 39.5 Å². The average molecular weight is 462 g/mol. The lowest BCUT2D eigenvalue weighted by Gasteiger charge is -2.15. The molecule has 0 radical (unpaired) electrons. The van der Waals surface area contributed by atoms with Crippen LogP contribution in [0, 0.1) is 23.3 Å². The van der Waals surface area contributed by atoms with Gasteiger partial charge in [-0.3, -0.25) is 4.39 Å². The second kappa shape index (κ2) is 9.26. The van der Waals surface area contributed by atoms with Crippen LogP contribution in [0.3, 0.4) is 0 Å². The number of benzene rings is 3. The first-order valence-electron chi connectivity index (χ1n) is 9.37. The molecule has 0 saturated carbocycles. The van der Waals surface area contributed by atoms with E-state index >= 15 is 0 Å². The number of hydrogen-bond donors (Lipinski definition) is 0. The van der Waals surface area contributed by atoms with Crippen molar-refractivity contribution < 1.29 is 39.5 Å². The van der Waals surface area contributed by atoms with Gasteiger partial charge >= 0.3 is 6.18 Å². The molecule has 3 rings (SSSR count). The quantitative estimate of drug-likeness (QED) is 0.325. The largest absolute Gasteiger partial charge is 0.424 e. The van der Waals surface area contributed by atoms with Crippen molar-refractivity contribution in [1.82, 2.24) is 0 Å². The number of rotatable bonds is 6. The molecule has 0 spiro atoms. The molecule has 0 nitrogen and oxygen atoms in total. The van der Waals surface area contributed by atoms with Gasteiger partial charge in [0.25, 0.3) is 0 Å². The summed E-state index contributed by atoms with van der Waals surface area (Å²) in [6.45, 7) is -0.628. The monoisotopic (exact) mass is 462 g/mol. The van der Waals surface area contributed by atoms with Crippen molar-refractivity contribution >= 4 is 0 Å². The Morgan fingerprint density at radius 1 is 0.688 bits per heavy atom. The molecule has 0 bridgehead atoms. The number of aryl methyl sites for hydroxylation is 1.